The molecule has 5 heteroatoms. The predicted molar refractivity (Wildman–Crippen MR) is 96.9 cm³/mol. The lowest BCUT2D eigenvalue weighted by molar-refractivity contribution is -0.145. The van der Waals surface area contributed by atoms with Crippen LogP contribution in [0.5, 0.6) is 0 Å². The molecule has 1 aliphatic rings. The third-order valence-corrected chi connectivity index (χ3v) is 5.33. The molecule has 1 atom stereocenters. The Morgan fingerprint density at radius 1 is 1.38 bits per heavy atom. The van der Waals surface area contributed by atoms with Crippen LogP contribution in [0.3, 0.4) is 0 Å². The molecule has 128 valence electrons. The summed E-state index contributed by atoms with van der Waals surface area (Å²) in [6.07, 6.45) is 2.42. The van der Waals surface area contributed by atoms with Gasteiger partial charge in [0.05, 0.1) is 18.7 Å². The van der Waals surface area contributed by atoms with Gasteiger partial charge < -0.3 is 4.74 Å². The first kappa shape index (κ1) is 17.1. The molecule has 1 aromatic heterocycles. The Balaban J connectivity index is 1.67. The highest BCUT2D eigenvalue weighted by Gasteiger charge is 2.31. The van der Waals surface area contributed by atoms with Crippen LogP contribution in [0, 0.1) is 12.8 Å². The van der Waals surface area contributed by atoms with E-state index in [1.165, 1.54) is 25.5 Å². The average Bonchev–Trinajstić information content (AvgIpc) is 3.33. The van der Waals surface area contributed by atoms with Gasteiger partial charge in [0, 0.05) is 30.1 Å². The van der Waals surface area contributed by atoms with E-state index in [2.05, 4.69) is 41.5 Å². The molecule has 1 heterocycles. The molecule has 1 aliphatic carbocycles. The van der Waals surface area contributed by atoms with Gasteiger partial charge >= 0.3 is 5.97 Å². The van der Waals surface area contributed by atoms with E-state index in [-0.39, 0.29) is 11.9 Å². The molecular formula is C19H24N2O2S. The van der Waals surface area contributed by atoms with Gasteiger partial charge in [0.25, 0.3) is 0 Å². The molecule has 1 saturated carbocycles. The molecule has 24 heavy (non-hydrogen) atoms. The molecule has 3 rings (SSSR count). The number of benzene rings is 1. The fourth-order valence-corrected chi connectivity index (χ4v) is 3.64. The second-order valence-electron chi connectivity index (χ2n) is 6.59. The van der Waals surface area contributed by atoms with E-state index >= 15 is 0 Å². The standard InChI is InChI=1S/C19H24N2O2S/c1-13-4-6-15(7-5-13)18-20-16(12-24-18)11-21(17-8-9-17)10-14(2)19(22)23-3/h4-7,12,14,17H,8-11H2,1-3H3. The number of rotatable bonds is 7. The second-order valence-corrected chi connectivity index (χ2v) is 7.45. The van der Waals surface area contributed by atoms with E-state index in [1.54, 1.807) is 11.3 Å². The van der Waals surface area contributed by atoms with Gasteiger partial charge in [-0.2, -0.15) is 0 Å². The Morgan fingerprint density at radius 3 is 2.71 bits per heavy atom. The van der Waals surface area contributed by atoms with Crippen molar-refractivity contribution in [3.8, 4) is 10.6 Å². The zero-order valence-corrected chi connectivity index (χ0v) is 15.3. The van der Waals surface area contributed by atoms with Crippen molar-refractivity contribution in [2.24, 2.45) is 5.92 Å². The molecule has 0 saturated heterocycles. The van der Waals surface area contributed by atoms with Gasteiger partial charge in [-0.05, 0) is 19.8 Å². The number of carbonyl (C=O) groups is 1. The lowest BCUT2D eigenvalue weighted by atomic mass is 10.1. The molecule has 4 nitrogen and oxygen atoms in total. The van der Waals surface area contributed by atoms with Crippen LogP contribution in [0.25, 0.3) is 10.6 Å². The molecule has 0 amide bonds. The normalized spacial score (nSPS) is 15.5. The first-order valence-electron chi connectivity index (χ1n) is 8.40. The van der Waals surface area contributed by atoms with E-state index < -0.39 is 0 Å². The van der Waals surface area contributed by atoms with Gasteiger partial charge in [-0.1, -0.05) is 36.8 Å². The molecule has 0 aliphatic heterocycles. The van der Waals surface area contributed by atoms with E-state index in [1.807, 2.05) is 6.92 Å². The summed E-state index contributed by atoms with van der Waals surface area (Å²) in [6.45, 7) is 5.55. The quantitative estimate of drug-likeness (QED) is 0.715. The Labute approximate surface area is 147 Å². The molecule has 1 aromatic carbocycles. The summed E-state index contributed by atoms with van der Waals surface area (Å²) >= 11 is 1.68. The number of nitrogens with zero attached hydrogens (tertiary/aromatic N) is 2. The smallest absolute Gasteiger partial charge is 0.309 e. The minimum atomic E-state index is -0.140. The number of aromatic nitrogens is 1. The van der Waals surface area contributed by atoms with E-state index in [0.717, 1.165) is 29.4 Å². The Hall–Kier alpha value is -1.72. The summed E-state index contributed by atoms with van der Waals surface area (Å²) in [6, 6.07) is 9.06. The first-order valence-corrected chi connectivity index (χ1v) is 9.28. The number of hydrogen-bond donors (Lipinski definition) is 0. The topological polar surface area (TPSA) is 42.4 Å². The van der Waals surface area contributed by atoms with Crippen LogP contribution in [0.1, 0.15) is 31.0 Å². The zero-order valence-electron chi connectivity index (χ0n) is 14.5. The maximum Gasteiger partial charge on any atom is 0.309 e. The van der Waals surface area contributed by atoms with Crippen LogP contribution in [0.4, 0.5) is 0 Å². The fourth-order valence-electron chi connectivity index (χ4n) is 2.83. The van der Waals surface area contributed by atoms with E-state index in [4.69, 9.17) is 9.72 Å². The Morgan fingerprint density at radius 2 is 2.08 bits per heavy atom. The van der Waals surface area contributed by atoms with Crippen molar-refractivity contribution in [1.29, 1.82) is 0 Å². The van der Waals surface area contributed by atoms with Crippen molar-refractivity contribution in [2.75, 3.05) is 13.7 Å². The molecule has 0 bridgehead atoms. The number of ether oxygens (including phenoxy) is 1. The van der Waals surface area contributed by atoms with Crippen molar-refractivity contribution in [3.05, 3.63) is 40.9 Å². The number of carbonyl (C=O) groups excluding carboxylic acids is 1. The largest absolute Gasteiger partial charge is 0.469 e. The van der Waals surface area contributed by atoms with Gasteiger partial charge in [-0.25, -0.2) is 4.98 Å². The molecule has 0 N–H and O–H groups in total. The number of esters is 1. The fraction of sp³-hybridized carbons (Fsp3) is 0.474. The van der Waals surface area contributed by atoms with Gasteiger partial charge in [-0.3, -0.25) is 9.69 Å². The highest BCUT2D eigenvalue weighted by molar-refractivity contribution is 7.13. The second kappa shape index (κ2) is 7.45. The van der Waals surface area contributed by atoms with Crippen molar-refractivity contribution in [1.82, 2.24) is 9.88 Å². The molecule has 0 spiro atoms. The summed E-state index contributed by atoms with van der Waals surface area (Å²) in [5.41, 5.74) is 3.50. The highest BCUT2D eigenvalue weighted by atomic mass is 32.1. The number of aryl methyl sites for hydroxylation is 1. The third-order valence-electron chi connectivity index (χ3n) is 4.39. The lowest BCUT2D eigenvalue weighted by Crippen LogP contribution is -2.33. The van der Waals surface area contributed by atoms with Gasteiger partial charge in [0.15, 0.2) is 0 Å². The monoisotopic (exact) mass is 344 g/mol. The van der Waals surface area contributed by atoms with Gasteiger partial charge in [0.2, 0.25) is 0 Å². The summed E-state index contributed by atoms with van der Waals surface area (Å²) in [4.78, 5) is 18.9. The first-order chi connectivity index (χ1) is 11.6. The molecule has 0 radical (unpaired) electrons. The van der Waals surface area contributed by atoms with Crippen molar-refractivity contribution in [2.45, 2.75) is 39.3 Å². The molecule has 1 unspecified atom stereocenters. The van der Waals surface area contributed by atoms with Crippen LogP contribution < -0.4 is 0 Å². The van der Waals surface area contributed by atoms with Gasteiger partial charge in [0.1, 0.15) is 5.01 Å². The maximum absolute atomic E-state index is 11.7. The van der Waals surface area contributed by atoms with Crippen LogP contribution in [-0.2, 0) is 16.1 Å². The van der Waals surface area contributed by atoms with Crippen molar-refractivity contribution in [3.63, 3.8) is 0 Å². The zero-order chi connectivity index (χ0) is 17.1. The molecule has 1 fully saturated rings. The Kier molecular flexibility index (Phi) is 5.31. The van der Waals surface area contributed by atoms with Gasteiger partial charge in [-0.15, -0.1) is 11.3 Å². The number of methoxy groups -OCH3 is 1. The van der Waals surface area contributed by atoms with Crippen molar-refractivity contribution >= 4 is 17.3 Å². The summed E-state index contributed by atoms with van der Waals surface area (Å²) < 4.78 is 4.86. The minimum absolute atomic E-state index is 0.106. The van der Waals surface area contributed by atoms with Crippen molar-refractivity contribution < 1.29 is 9.53 Å². The molecule has 2 aromatic rings. The van der Waals surface area contributed by atoms with E-state index in [9.17, 15) is 4.79 Å². The summed E-state index contributed by atoms with van der Waals surface area (Å²) in [7, 11) is 1.45. The highest BCUT2D eigenvalue weighted by Crippen LogP contribution is 2.30. The van der Waals surface area contributed by atoms with Crippen LogP contribution in [0.2, 0.25) is 0 Å². The lowest BCUT2D eigenvalue weighted by Gasteiger charge is -2.23. The third kappa shape index (κ3) is 4.22. The Bertz CT molecular complexity index is 692. The number of hydrogen-bond acceptors (Lipinski definition) is 5. The van der Waals surface area contributed by atoms with Crippen LogP contribution in [-0.4, -0.2) is 35.5 Å². The average molecular weight is 344 g/mol. The van der Waals surface area contributed by atoms with Crippen LogP contribution in [0.15, 0.2) is 29.6 Å². The maximum atomic E-state index is 11.7. The molecular weight excluding hydrogens is 320 g/mol. The van der Waals surface area contributed by atoms with E-state index in [0.29, 0.717) is 6.04 Å². The SMILES string of the molecule is COC(=O)C(C)CN(Cc1csc(-c2ccc(C)cc2)n1)C1CC1. The predicted octanol–water partition coefficient (Wildman–Crippen LogP) is 3.89. The number of thiazole rings is 1. The minimum Gasteiger partial charge on any atom is -0.469 e. The van der Waals surface area contributed by atoms with Crippen LogP contribution >= 0.6 is 11.3 Å². The summed E-state index contributed by atoms with van der Waals surface area (Å²) in [5, 5.41) is 3.19. The summed E-state index contributed by atoms with van der Waals surface area (Å²) in [5.74, 6) is -0.245.